The number of nitrogens with two attached hydrogens (primary N) is 1. The van der Waals surface area contributed by atoms with Crippen LogP contribution in [0.5, 0.6) is 11.5 Å². The molecule has 0 saturated carbocycles. The molecule has 10 heteroatoms. The summed E-state index contributed by atoms with van der Waals surface area (Å²) in [4.78, 5) is 19.8. The molecule has 0 radical (unpaired) electrons. The molecule has 182 valence electrons. The van der Waals surface area contributed by atoms with E-state index in [1.807, 2.05) is 11.8 Å². The smallest absolute Gasteiger partial charge is 0.259 e. The number of piperidine rings is 1. The molecule has 5 rings (SSSR count). The number of carbonyl (C=O) groups excluding carboxylic acids is 1. The van der Waals surface area contributed by atoms with Gasteiger partial charge in [-0.2, -0.15) is 0 Å². The first kappa shape index (κ1) is 23.1. The molecular formula is C25H26N4O5S. The number of nitrogens with zero attached hydrogens (tertiary/aromatic N) is 3. The lowest BCUT2D eigenvalue weighted by Gasteiger charge is -2.33. The van der Waals surface area contributed by atoms with Crippen molar-refractivity contribution in [1.29, 1.82) is 0 Å². The molecule has 35 heavy (non-hydrogen) atoms. The molecule has 9 nitrogen and oxygen atoms in total. The van der Waals surface area contributed by atoms with Gasteiger partial charge >= 0.3 is 0 Å². The standard InChI is InChI=1S/C25H26N4O5S/c1-15-10-20(19-11-18(30)7-8-21(19)27-15)25(31)29-9-3-4-16(12-29)13-34-22-6-2-5-17-14-35(32,33)28-24(26)23(17)22/h2,5-8,10-11,16,30H,3-4,9,12-14H2,1H3,(H2,26,28)/t16-/m0/s1. The maximum atomic E-state index is 13.5. The zero-order valence-corrected chi connectivity index (χ0v) is 20.1. The summed E-state index contributed by atoms with van der Waals surface area (Å²) in [5.41, 5.74) is 8.95. The number of ether oxygens (including phenoxy) is 1. The normalized spacial score (nSPS) is 19.2. The van der Waals surface area contributed by atoms with E-state index in [1.165, 1.54) is 0 Å². The van der Waals surface area contributed by atoms with E-state index in [1.54, 1.807) is 42.5 Å². The van der Waals surface area contributed by atoms with Crippen molar-refractivity contribution < 1.29 is 23.1 Å². The van der Waals surface area contributed by atoms with Crippen molar-refractivity contribution in [3.8, 4) is 11.5 Å². The molecule has 0 aliphatic carbocycles. The fraction of sp³-hybridized carbons (Fsp3) is 0.320. The van der Waals surface area contributed by atoms with Crippen LogP contribution in [0.3, 0.4) is 0 Å². The molecule has 1 aromatic heterocycles. The van der Waals surface area contributed by atoms with Gasteiger partial charge in [-0.3, -0.25) is 9.78 Å². The lowest BCUT2D eigenvalue weighted by Crippen LogP contribution is -2.41. The maximum absolute atomic E-state index is 13.5. The Morgan fingerprint density at radius 2 is 2.09 bits per heavy atom. The molecule has 3 N–H and O–H groups in total. The number of phenols is 1. The van der Waals surface area contributed by atoms with Gasteiger partial charge in [-0.25, -0.2) is 8.42 Å². The minimum atomic E-state index is -3.62. The molecular weight excluding hydrogens is 468 g/mol. The Morgan fingerprint density at radius 1 is 1.26 bits per heavy atom. The monoisotopic (exact) mass is 494 g/mol. The van der Waals surface area contributed by atoms with Gasteiger partial charge in [0, 0.05) is 30.1 Å². The summed E-state index contributed by atoms with van der Waals surface area (Å²) in [6.07, 6.45) is 1.73. The van der Waals surface area contributed by atoms with E-state index >= 15 is 0 Å². The molecule has 1 amide bonds. The molecule has 1 atom stereocenters. The first-order valence-electron chi connectivity index (χ1n) is 11.4. The Bertz CT molecular complexity index is 1470. The Labute approximate surface area is 203 Å². The number of likely N-dealkylation sites (tertiary alicyclic amines) is 1. The molecule has 0 unspecified atom stereocenters. The van der Waals surface area contributed by atoms with Gasteiger partial charge in [0.15, 0.2) is 0 Å². The van der Waals surface area contributed by atoms with Crippen molar-refractivity contribution in [2.45, 2.75) is 25.5 Å². The highest BCUT2D eigenvalue weighted by Gasteiger charge is 2.28. The van der Waals surface area contributed by atoms with Crippen LogP contribution in [0.1, 0.15) is 40.0 Å². The van der Waals surface area contributed by atoms with Crippen molar-refractivity contribution in [3.05, 3.63) is 64.8 Å². The number of sulfonamides is 1. The third kappa shape index (κ3) is 4.66. The van der Waals surface area contributed by atoms with Crippen LogP contribution in [0.15, 0.2) is 46.9 Å². The number of phenolic OH excluding ortho intramolecular Hbond substituents is 1. The van der Waals surface area contributed by atoms with Crippen LogP contribution in [0.25, 0.3) is 10.9 Å². The topological polar surface area (TPSA) is 135 Å². The average molecular weight is 495 g/mol. The van der Waals surface area contributed by atoms with Gasteiger partial charge < -0.3 is 20.5 Å². The number of pyridine rings is 1. The van der Waals surface area contributed by atoms with E-state index in [9.17, 15) is 18.3 Å². The zero-order valence-electron chi connectivity index (χ0n) is 19.3. The number of carbonyl (C=O) groups is 1. The number of hydrogen-bond acceptors (Lipinski definition) is 7. The Balaban J connectivity index is 1.33. The van der Waals surface area contributed by atoms with Crippen molar-refractivity contribution in [1.82, 2.24) is 9.88 Å². The van der Waals surface area contributed by atoms with Crippen LogP contribution in [0.2, 0.25) is 0 Å². The summed E-state index contributed by atoms with van der Waals surface area (Å²) in [5.74, 6) is 0.301. The second-order valence-electron chi connectivity index (χ2n) is 9.08. The molecule has 0 spiro atoms. The summed E-state index contributed by atoms with van der Waals surface area (Å²) in [6.45, 7) is 3.36. The predicted octanol–water partition coefficient (Wildman–Crippen LogP) is 2.73. The van der Waals surface area contributed by atoms with E-state index in [0.717, 1.165) is 18.5 Å². The van der Waals surface area contributed by atoms with Crippen LogP contribution in [0, 0.1) is 12.8 Å². The Morgan fingerprint density at radius 3 is 2.91 bits per heavy atom. The van der Waals surface area contributed by atoms with Gasteiger partial charge in [-0.05, 0) is 55.7 Å². The van der Waals surface area contributed by atoms with Gasteiger partial charge in [0.25, 0.3) is 15.9 Å². The summed E-state index contributed by atoms with van der Waals surface area (Å²) in [7, 11) is -3.62. The number of benzene rings is 2. The van der Waals surface area contributed by atoms with Gasteiger partial charge in [0.05, 0.1) is 29.0 Å². The van der Waals surface area contributed by atoms with E-state index in [2.05, 4.69) is 9.38 Å². The minimum absolute atomic E-state index is 0.0644. The number of fused-ring (bicyclic) bond motifs is 2. The highest BCUT2D eigenvalue weighted by molar-refractivity contribution is 7.89. The Kier molecular flexibility index (Phi) is 5.84. The largest absolute Gasteiger partial charge is 0.508 e. The molecule has 1 saturated heterocycles. The zero-order chi connectivity index (χ0) is 24.7. The minimum Gasteiger partial charge on any atom is -0.508 e. The highest BCUT2D eigenvalue weighted by Crippen LogP contribution is 2.30. The number of rotatable bonds is 4. The SMILES string of the molecule is Cc1cc(C(=O)N2CCC[C@H](COc3cccc4c3C(N)=NS(=O)(=O)C4)C2)c2cc(O)ccc2n1. The first-order chi connectivity index (χ1) is 16.7. The van der Waals surface area contributed by atoms with Crippen LogP contribution >= 0.6 is 0 Å². The average Bonchev–Trinajstić information content (AvgIpc) is 2.81. The third-order valence-corrected chi connectivity index (χ3v) is 7.53. The van der Waals surface area contributed by atoms with Crippen LogP contribution in [-0.2, 0) is 15.8 Å². The third-order valence-electron chi connectivity index (χ3n) is 6.38. The molecule has 3 heterocycles. The molecule has 3 aromatic rings. The number of aromatic hydroxyl groups is 1. The van der Waals surface area contributed by atoms with E-state index in [0.29, 0.717) is 53.0 Å². The predicted molar refractivity (Wildman–Crippen MR) is 132 cm³/mol. The quantitative estimate of drug-likeness (QED) is 0.569. The number of aryl methyl sites for hydroxylation is 1. The summed E-state index contributed by atoms with van der Waals surface area (Å²) in [5, 5.41) is 10.6. The lowest BCUT2D eigenvalue weighted by molar-refractivity contribution is 0.0635. The summed E-state index contributed by atoms with van der Waals surface area (Å²) >= 11 is 0. The van der Waals surface area contributed by atoms with Crippen molar-refractivity contribution in [3.63, 3.8) is 0 Å². The maximum Gasteiger partial charge on any atom is 0.259 e. The van der Waals surface area contributed by atoms with Gasteiger partial charge in [-0.15, -0.1) is 4.40 Å². The lowest BCUT2D eigenvalue weighted by atomic mass is 9.97. The van der Waals surface area contributed by atoms with Crippen LogP contribution in [0.4, 0.5) is 0 Å². The van der Waals surface area contributed by atoms with Gasteiger partial charge in [0.1, 0.15) is 17.3 Å². The van der Waals surface area contributed by atoms with E-state index < -0.39 is 10.0 Å². The van der Waals surface area contributed by atoms with E-state index in [-0.39, 0.29) is 29.2 Å². The molecule has 1 fully saturated rings. The van der Waals surface area contributed by atoms with Crippen LogP contribution < -0.4 is 10.5 Å². The number of hydrogen-bond donors (Lipinski definition) is 2. The number of amides is 1. The van der Waals surface area contributed by atoms with Crippen molar-refractivity contribution in [2.24, 2.45) is 16.0 Å². The Hall–Kier alpha value is -3.66. The molecule has 0 bridgehead atoms. The summed E-state index contributed by atoms with van der Waals surface area (Å²) in [6, 6.07) is 11.8. The fourth-order valence-corrected chi connectivity index (χ4v) is 5.91. The van der Waals surface area contributed by atoms with Gasteiger partial charge in [-0.1, -0.05) is 12.1 Å². The highest BCUT2D eigenvalue weighted by atomic mass is 32.2. The van der Waals surface area contributed by atoms with Crippen LogP contribution in [-0.4, -0.2) is 54.8 Å². The second kappa shape index (κ2) is 8.84. The second-order valence-corrected chi connectivity index (χ2v) is 10.7. The van der Waals surface area contributed by atoms with E-state index in [4.69, 9.17) is 10.5 Å². The first-order valence-corrected chi connectivity index (χ1v) is 13.0. The number of aromatic nitrogens is 1. The van der Waals surface area contributed by atoms with Crippen molar-refractivity contribution in [2.75, 3.05) is 19.7 Å². The number of amidine groups is 1. The molecule has 2 aromatic carbocycles. The van der Waals surface area contributed by atoms with Crippen molar-refractivity contribution >= 4 is 32.7 Å². The summed E-state index contributed by atoms with van der Waals surface area (Å²) < 4.78 is 33.5. The molecule has 2 aliphatic heterocycles. The van der Waals surface area contributed by atoms with Gasteiger partial charge in [0.2, 0.25) is 0 Å². The fourth-order valence-electron chi connectivity index (χ4n) is 4.82. The molecule has 2 aliphatic rings.